The lowest BCUT2D eigenvalue weighted by molar-refractivity contribution is -0.143. The molecule has 0 unspecified atom stereocenters. The summed E-state index contributed by atoms with van der Waals surface area (Å²) < 4.78 is 6.89. The molecule has 1 atom stereocenters. The van der Waals surface area contributed by atoms with Crippen molar-refractivity contribution in [1.29, 1.82) is 0 Å². The highest BCUT2D eigenvalue weighted by molar-refractivity contribution is 9.10. The second-order valence-corrected chi connectivity index (χ2v) is 12.3. The lowest BCUT2D eigenvalue weighted by Crippen LogP contribution is -2.53. The van der Waals surface area contributed by atoms with E-state index in [9.17, 15) is 9.59 Å². The van der Waals surface area contributed by atoms with E-state index in [0.29, 0.717) is 18.7 Å². The molecule has 1 N–H and O–H groups in total. The lowest BCUT2D eigenvalue weighted by Gasteiger charge is -2.32. The third-order valence-corrected chi connectivity index (χ3v) is 7.79. The summed E-state index contributed by atoms with van der Waals surface area (Å²) in [5.74, 6) is 0.301. The summed E-state index contributed by atoms with van der Waals surface area (Å²) in [6, 6.07) is 25.1. The van der Waals surface area contributed by atoms with Crippen molar-refractivity contribution < 1.29 is 14.3 Å². The molecule has 0 aliphatic heterocycles. The number of nitrogens with one attached hydrogen (secondary N) is 1. The van der Waals surface area contributed by atoms with E-state index in [-0.39, 0.29) is 29.9 Å². The smallest absolute Gasteiger partial charge is 0.261 e. The summed E-state index contributed by atoms with van der Waals surface area (Å²) in [5, 5.41) is 3.24. The van der Waals surface area contributed by atoms with Crippen molar-refractivity contribution >= 4 is 27.7 Å². The number of hydrogen-bond acceptors (Lipinski definition) is 3. The van der Waals surface area contributed by atoms with Crippen LogP contribution in [-0.4, -0.2) is 35.4 Å². The monoisotopic (exact) mass is 590 g/mol. The zero-order valence-corrected chi connectivity index (χ0v) is 24.7. The maximum atomic E-state index is 13.8. The SMILES string of the molecule is CC(C)(C)c1ccc(OCC(=O)N(Cc2cccc(Br)c2)[C@H](Cc2ccccc2)C(=O)NC2CCCC2)cc1. The van der Waals surface area contributed by atoms with Gasteiger partial charge in [-0.15, -0.1) is 0 Å². The Hall–Kier alpha value is -3.12. The Bertz CT molecular complexity index is 1230. The van der Waals surface area contributed by atoms with Crippen LogP contribution in [0.25, 0.3) is 0 Å². The van der Waals surface area contributed by atoms with Crippen molar-refractivity contribution in [3.63, 3.8) is 0 Å². The van der Waals surface area contributed by atoms with Crippen LogP contribution in [0, 0.1) is 0 Å². The number of benzene rings is 3. The number of carbonyl (C=O) groups is 2. The van der Waals surface area contributed by atoms with E-state index in [1.54, 1.807) is 4.90 Å². The van der Waals surface area contributed by atoms with Gasteiger partial charge in [-0.2, -0.15) is 0 Å². The first-order valence-electron chi connectivity index (χ1n) is 13.8. The Morgan fingerprint density at radius 2 is 1.62 bits per heavy atom. The third-order valence-electron chi connectivity index (χ3n) is 7.30. The maximum Gasteiger partial charge on any atom is 0.261 e. The van der Waals surface area contributed by atoms with E-state index in [0.717, 1.165) is 41.3 Å². The Labute approximate surface area is 241 Å². The molecule has 1 fully saturated rings. The Balaban J connectivity index is 1.58. The quantitative estimate of drug-likeness (QED) is 0.282. The number of amides is 2. The van der Waals surface area contributed by atoms with Crippen LogP contribution in [0.3, 0.4) is 0 Å². The molecule has 0 bridgehead atoms. The minimum atomic E-state index is -0.661. The number of carbonyl (C=O) groups excluding carboxylic acids is 2. The molecule has 3 aromatic rings. The summed E-state index contributed by atoms with van der Waals surface area (Å²) >= 11 is 3.54. The van der Waals surface area contributed by atoms with E-state index < -0.39 is 6.04 Å². The highest BCUT2D eigenvalue weighted by atomic mass is 79.9. The highest BCUT2D eigenvalue weighted by Crippen LogP contribution is 2.25. The van der Waals surface area contributed by atoms with Crippen LogP contribution >= 0.6 is 15.9 Å². The van der Waals surface area contributed by atoms with Crippen LogP contribution in [0.15, 0.2) is 83.3 Å². The van der Waals surface area contributed by atoms with Gasteiger partial charge in [0.1, 0.15) is 11.8 Å². The Kier molecular flexibility index (Phi) is 9.84. The molecule has 2 amide bonds. The molecule has 6 heteroatoms. The van der Waals surface area contributed by atoms with Gasteiger partial charge in [-0.1, -0.05) is 104 Å². The van der Waals surface area contributed by atoms with Crippen molar-refractivity contribution in [3.8, 4) is 5.75 Å². The summed E-state index contributed by atoms with van der Waals surface area (Å²) in [5.41, 5.74) is 3.18. The fraction of sp³-hybridized carbons (Fsp3) is 0.394. The van der Waals surface area contributed by atoms with Crippen LogP contribution < -0.4 is 10.1 Å². The van der Waals surface area contributed by atoms with E-state index in [1.807, 2.05) is 78.9 Å². The molecule has 0 heterocycles. The van der Waals surface area contributed by atoms with E-state index in [4.69, 9.17) is 4.74 Å². The van der Waals surface area contributed by atoms with Crippen LogP contribution in [0.4, 0.5) is 0 Å². The fourth-order valence-electron chi connectivity index (χ4n) is 5.03. The number of hydrogen-bond donors (Lipinski definition) is 1. The minimum absolute atomic E-state index is 0.0342. The molecule has 3 aromatic carbocycles. The average Bonchev–Trinajstić information content (AvgIpc) is 3.42. The molecule has 1 saturated carbocycles. The van der Waals surface area contributed by atoms with Gasteiger partial charge < -0.3 is 15.0 Å². The van der Waals surface area contributed by atoms with Crippen LogP contribution in [0.2, 0.25) is 0 Å². The van der Waals surface area contributed by atoms with Gasteiger partial charge in [-0.05, 0) is 59.2 Å². The van der Waals surface area contributed by atoms with Crippen molar-refractivity contribution in [2.75, 3.05) is 6.61 Å². The third kappa shape index (κ3) is 8.43. The molecular formula is C33H39BrN2O3. The van der Waals surface area contributed by atoms with E-state index >= 15 is 0 Å². The summed E-state index contributed by atoms with van der Waals surface area (Å²) in [4.78, 5) is 29.3. The predicted octanol–water partition coefficient (Wildman–Crippen LogP) is 6.82. The standard InChI is InChI=1S/C33H39BrN2O3/c1-33(2,3)26-16-18-29(19-17-26)39-23-31(37)36(22-25-12-9-13-27(34)20-25)30(21-24-10-5-4-6-11-24)32(38)35-28-14-7-8-15-28/h4-6,9-13,16-20,28,30H,7-8,14-15,21-23H2,1-3H3,(H,35,38)/t30-/m1/s1. The average molecular weight is 592 g/mol. The van der Waals surface area contributed by atoms with Crippen LogP contribution in [0.5, 0.6) is 5.75 Å². The second-order valence-electron chi connectivity index (χ2n) is 11.4. The van der Waals surface area contributed by atoms with Gasteiger partial charge in [0.15, 0.2) is 6.61 Å². The first-order chi connectivity index (χ1) is 18.7. The molecule has 4 rings (SSSR count). The van der Waals surface area contributed by atoms with Gasteiger partial charge in [0.25, 0.3) is 5.91 Å². The van der Waals surface area contributed by atoms with Gasteiger partial charge in [0.05, 0.1) is 0 Å². The fourth-order valence-corrected chi connectivity index (χ4v) is 5.48. The molecule has 206 valence electrons. The topological polar surface area (TPSA) is 58.6 Å². The zero-order valence-electron chi connectivity index (χ0n) is 23.2. The van der Waals surface area contributed by atoms with Gasteiger partial charge in [0.2, 0.25) is 5.91 Å². The predicted molar refractivity (Wildman–Crippen MR) is 160 cm³/mol. The molecule has 0 spiro atoms. The Morgan fingerprint density at radius 1 is 0.949 bits per heavy atom. The normalized spacial score (nSPS) is 14.6. The van der Waals surface area contributed by atoms with E-state index in [1.165, 1.54) is 5.56 Å². The van der Waals surface area contributed by atoms with Gasteiger partial charge in [-0.25, -0.2) is 0 Å². The van der Waals surface area contributed by atoms with Gasteiger partial charge in [0, 0.05) is 23.5 Å². The molecule has 1 aliphatic carbocycles. The van der Waals surface area contributed by atoms with Gasteiger partial charge in [-0.3, -0.25) is 9.59 Å². The van der Waals surface area contributed by atoms with Crippen molar-refractivity contribution in [2.24, 2.45) is 0 Å². The molecule has 39 heavy (non-hydrogen) atoms. The molecule has 0 aromatic heterocycles. The molecule has 5 nitrogen and oxygen atoms in total. The van der Waals surface area contributed by atoms with Crippen molar-refractivity contribution in [1.82, 2.24) is 10.2 Å². The Morgan fingerprint density at radius 3 is 2.26 bits per heavy atom. The summed E-state index contributed by atoms with van der Waals surface area (Å²) in [6.07, 6.45) is 4.64. The molecule has 1 aliphatic rings. The second kappa shape index (κ2) is 13.3. The maximum absolute atomic E-state index is 13.8. The highest BCUT2D eigenvalue weighted by Gasteiger charge is 2.32. The van der Waals surface area contributed by atoms with Crippen molar-refractivity contribution in [3.05, 3.63) is 100 Å². The molecule has 0 saturated heterocycles. The largest absolute Gasteiger partial charge is 0.484 e. The first-order valence-corrected chi connectivity index (χ1v) is 14.6. The number of ether oxygens (including phenoxy) is 1. The van der Waals surface area contributed by atoms with Gasteiger partial charge >= 0.3 is 0 Å². The molecule has 0 radical (unpaired) electrons. The van der Waals surface area contributed by atoms with Crippen LogP contribution in [-0.2, 0) is 28.0 Å². The van der Waals surface area contributed by atoms with E-state index in [2.05, 4.69) is 42.0 Å². The summed E-state index contributed by atoms with van der Waals surface area (Å²) in [7, 11) is 0. The number of nitrogens with zero attached hydrogens (tertiary/aromatic N) is 1. The van der Waals surface area contributed by atoms with Crippen molar-refractivity contribution in [2.45, 2.75) is 76.9 Å². The minimum Gasteiger partial charge on any atom is -0.484 e. The van der Waals surface area contributed by atoms with Crippen LogP contribution in [0.1, 0.15) is 63.1 Å². The lowest BCUT2D eigenvalue weighted by atomic mass is 9.87. The number of halogens is 1. The summed E-state index contributed by atoms with van der Waals surface area (Å²) in [6.45, 7) is 6.64. The number of rotatable bonds is 10. The molecular weight excluding hydrogens is 552 g/mol. The first kappa shape index (κ1) is 28.9. The zero-order chi connectivity index (χ0) is 27.8.